The van der Waals surface area contributed by atoms with Gasteiger partial charge in [-0.2, -0.15) is 0 Å². The van der Waals surface area contributed by atoms with E-state index in [1.165, 1.54) is 0 Å². The number of hydrogen-bond acceptors (Lipinski definition) is 3. The standard InChI is InChI=1S/C12H23NO2/c1-10(2)8-12(9-11(3,4)13-10)14-6-5-7-15-12/h13H,5-9H2,1-4H3. The molecule has 2 aliphatic heterocycles. The van der Waals surface area contributed by atoms with Crippen LogP contribution in [-0.4, -0.2) is 30.1 Å². The molecule has 0 aromatic carbocycles. The largest absolute Gasteiger partial charge is 0.350 e. The normalized spacial score (nSPS) is 32.8. The highest BCUT2D eigenvalue weighted by atomic mass is 16.7. The average Bonchev–Trinajstić information content (AvgIpc) is 1.97. The summed E-state index contributed by atoms with van der Waals surface area (Å²) < 4.78 is 11.8. The van der Waals surface area contributed by atoms with Crippen molar-refractivity contribution in [1.82, 2.24) is 5.32 Å². The van der Waals surface area contributed by atoms with Crippen molar-refractivity contribution in [2.75, 3.05) is 13.2 Å². The van der Waals surface area contributed by atoms with Gasteiger partial charge in [-0.3, -0.25) is 0 Å². The molecule has 2 heterocycles. The Morgan fingerprint density at radius 1 is 0.867 bits per heavy atom. The molecule has 3 heteroatoms. The van der Waals surface area contributed by atoms with Crippen molar-refractivity contribution in [2.45, 2.75) is 63.8 Å². The van der Waals surface area contributed by atoms with Gasteiger partial charge in [-0.15, -0.1) is 0 Å². The van der Waals surface area contributed by atoms with Gasteiger partial charge in [0, 0.05) is 23.9 Å². The van der Waals surface area contributed by atoms with E-state index in [0.29, 0.717) is 0 Å². The Morgan fingerprint density at radius 2 is 1.33 bits per heavy atom. The van der Waals surface area contributed by atoms with E-state index in [9.17, 15) is 0 Å². The van der Waals surface area contributed by atoms with E-state index in [2.05, 4.69) is 33.0 Å². The van der Waals surface area contributed by atoms with Crippen molar-refractivity contribution in [3.63, 3.8) is 0 Å². The van der Waals surface area contributed by atoms with Gasteiger partial charge in [0.25, 0.3) is 0 Å². The molecule has 0 saturated carbocycles. The predicted octanol–water partition coefficient (Wildman–Crippen LogP) is 2.06. The van der Waals surface area contributed by atoms with Crippen LogP contribution in [0.5, 0.6) is 0 Å². The molecule has 2 fully saturated rings. The van der Waals surface area contributed by atoms with Crippen LogP contribution < -0.4 is 5.32 Å². The van der Waals surface area contributed by atoms with Crippen LogP contribution in [0.3, 0.4) is 0 Å². The molecule has 1 spiro atoms. The van der Waals surface area contributed by atoms with E-state index >= 15 is 0 Å². The van der Waals surface area contributed by atoms with E-state index in [4.69, 9.17) is 9.47 Å². The van der Waals surface area contributed by atoms with Crippen molar-refractivity contribution < 1.29 is 9.47 Å². The zero-order valence-electron chi connectivity index (χ0n) is 10.4. The summed E-state index contributed by atoms with van der Waals surface area (Å²) in [4.78, 5) is 0. The number of nitrogens with one attached hydrogen (secondary N) is 1. The SMILES string of the molecule is CC1(C)CC2(CC(C)(C)N1)OCCCO2. The first kappa shape index (κ1) is 11.4. The minimum Gasteiger partial charge on any atom is -0.350 e. The van der Waals surface area contributed by atoms with Gasteiger partial charge in [-0.05, 0) is 34.1 Å². The molecule has 0 aliphatic carbocycles. The molecular formula is C12H23NO2. The number of hydrogen-bond donors (Lipinski definition) is 1. The first-order valence-electron chi connectivity index (χ1n) is 5.90. The molecule has 2 aliphatic rings. The van der Waals surface area contributed by atoms with E-state index in [-0.39, 0.29) is 16.9 Å². The second-order valence-electron chi connectivity index (χ2n) is 6.21. The molecule has 88 valence electrons. The maximum absolute atomic E-state index is 5.92. The fourth-order valence-corrected chi connectivity index (χ4v) is 3.23. The molecule has 0 unspecified atom stereocenters. The first-order valence-corrected chi connectivity index (χ1v) is 5.90. The van der Waals surface area contributed by atoms with Gasteiger partial charge < -0.3 is 14.8 Å². The maximum atomic E-state index is 5.92. The highest BCUT2D eigenvalue weighted by molar-refractivity contribution is 5.01. The van der Waals surface area contributed by atoms with Crippen LogP contribution in [0.2, 0.25) is 0 Å². The molecule has 1 N–H and O–H groups in total. The summed E-state index contributed by atoms with van der Waals surface area (Å²) in [5.74, 6) is -0.337. The lowest BCUT2D eigenvalue weighted by Gasteiger charge is -2.53. The van der Waals surface area contributed by atoms with Crippen LogP contribution in [0.15, 0.2) is 0 Å². The molecule has 15 heavy (non-hydrogen) atoms. The highest BCUT2D eigenvalue weighted by Gasteiger charge is 2.49. The third-order valence-electron chi connectivity index (χ3n) is 3.12. The Hall–Kier alpha value is -0.120. The van der Waals surface area contributed by atoms with Crippen molar-refractivity contribution in [2.24, 2.45) is 0 Å². The van der Waals surface area contributed by atoms with Gasteiger partial charge in [-0.1, -0.05) is 0 Å². The van der Waals surface area contributed by atoms with Crippen molar-refractivity contribution >= 4 is 0 Å². The van der Waals surface area contributed by atoms with Crippen LogP contribution in [-0.2, 0) is 9.47 Å². The molecule has 2 rings (SSSR count). The molecule has 0 aromatic heterocycles. The Bertz CT molecular complexity index is 224. The number of rotatable bonds is 0. The molecular weight excluding hydrogens is 190 g/mol. The Morgan fingerprint density at radius 3 is 1.80 bits per heavy atom. The van der Waals surface area contributed by atoms with Crippen LogP contribution in [0.4, 0.5) is 0 Å². The van der Waals surface area contributed by atoms with Gasteiger partial charge in [-0.25, -0.2) is 0 Å². The van der Waals surface area contributed by atoms with Gasteiger partial charge in [0.2, 0.25) is 0 Å². The summed E-state index contributed by atoms with van der Waals surface area (Å²) in [5.41, 5.74) is 0.165. The fourth-order valence-electron chi connectivity index (χ4n) is 3.23. The second kappa shape index (κ2) is 3.44. The molecule has 2 saturated heterocycles. The average molecular weight is 213 g/mol. The second-order valence-corrected chi connectivity index (χ2v) is 6.21. The van der Waals surface area contributed by atoms with Gasteiger partial charge in [0.1, 0.15) is 0 Å². The maximum Gasteiger partial charge on any atom is 0.171 e. The predicted molar refractivity (Wildman–Crippen MR) is 59.8 cm³/mol. The third kappa shape index (κ3) is 2.52. The summed E-state index contributed by atoms with van der Waals surface area (Å²) >= 11 is 0. The van der Waals surface area contributed by atoms with E-state index in [0.717, 1.165) is 32.5 Å². The van der Waals surface area contributed by atoms with E-state index in [1.54, 1.807) is 0 Å². The van der Waals surface area contributed by atoms with Crippen molar-refractivity contribution in [3.05, 3.63) is 0 Å². The minimum absolute atomic E-state index is 0.0824. The molecule has 0 aromatic rings. The minimum atomic E-state index is -0.337. The van der Waals surface area contributed by atoms with Crippen molar-refractivity contribution in [1.29, 1.82) is 0 Å². The fraction of sp³-hybridized carbons (Fsp3) is 1.00. The summed E-state index contributed by atoms with van der Waals surface area (Å²) in [7, 11) is 0. The summed E-state index contributed by atoms with van der Waals surface area (Å²) in [6.45, 7) is 10.6. The molecule has 3 nitrogen and oxygen atoms in total. The summed E-state index contributed by atoms with van der Waals surface area (Å²) in [6, 6.07) is 0. The monoisotopic (exact) mass is 213 g/mol. The van der Waals surface area contributed by atoms with Gasteiger partial charge in [0.15, 0.2) is 5.79 Å². The zero-order chi connectivity index (χ0) is 11.2. The first-order chi connectivity index (χ1) is 6.83. The smallest absolute Gasteiger partial charge is 0.171 e. The van der Waals surface area contributed by atoms with Gasteiger partial charge in [0.05, 0.1) is 13.2 Å². The number of ether oxygens (including phenoxy) is 2. The highest BCUT2D eigenvalue weighted by Crippen LogP contribution is 2.40. The molecule has 0 bridgehead atoms. The van der Waals surface area contributed by atoms with Crippen molar-refractivity contribution in [3.8, 4) is 0 Å². The van der Waals surface area contributed by atoms with E-state index in [1.807, 2.05) is 0 Å². The van der Waals surface area contributed by atoms with Crippen LogP contribution in [0.1, 0.15) is 47.0 Å². The summed E-state index contributed by atoms with van der Waals surface area (Å²) in [6.07, 6.45) is 2.89. The van der Waals surface area contributed by atoms with Crippen LogP contribution in [0.25, 0.3) is 0 Å². The lowest BCUT2D eigenvalue weighted by atomic mass is 9.78. The topological polar surface area (TPSA) is 30.5 Å². The Balaban J connectivity index is 2.18. The Labute approximate surface area is 92.5 Å². The third-order valence-corrected chi connectivity index (χ3v) is 3.12. The zero-order valence-corrected chi connectivity index (χ0v) is 10.4. The quantitative estimate of drug-likeness (QED) is 0.668. The van der Waals surface area contributed by atoms with Gasteiger partial charge >= 0.3 is 0 Å². The lowest BCUT2D eigenvalue weighted by molar-refractivity contribution is -0.297. The molecule has 0 amide bonds. The molecule has 0 atom stereocenters. The van der Waals surface area contributed by atoms with E-state index < -0.39 is 0 Å². The lowest BCUT2D eigenvalue weighted by Crippen LogP contribution is -2.65. The van der Waals surface area contributed by atoms with Crippen LogP contribution >= 0.6 is 0 Å². The Kier molecular flexibility index (Phi) is 2.61. The number of piperidine rings is 1. The molecule has 0 radical (unpaired) electrons. The summed E-state index contributed by atoms with van der Waals surface area (Å²) in [5, 5.41) is 3.64. The van der Waals surface area contributed by atoms with Crippen LogP contribution in [0, 0.1) is 0 Å².